The van der Waals surface area contributed by atoms with Gasteiger partial charge < -0.3 is 15.0 Å². The van der Waals surface area contributed by atoms with Gasteiger partial charge in [0.1, 0.15) is 11.4 Å². The number of nitrogens with one attached hydrogen (secondary N) is 1. The summed E-state index contributed by atoms with van der Waals surface area (Å²) in [5, 5.41) is 3.41. The van der Waals surface area contributed by atoms with E-state index < -0.39 is 0 Å². The van der Waals surface area contributed by atoms with E-state index in [0.29, 0.717) is 0 Å². The zero-order chi connectivity index (χ0) is 12.6. The van der Waals surface area contributed by atoms with Crippen molar-refractivity contribution in [2.75, 3.05) is 26.7 Å². The number of hydrogen-bond donors (Lipinski definition) is 1. The summed E-state index contributed by atoms with van der Waals surface area (Å²) in [6.07, 6.45) is 2.20. The number of ether oxygens (including phenoxy) is 1. The molecule has 0 radical (unpaired) electrons. The van der Waals surface area contributed by atoms with Crippen molar-refractivity contribution in [2.24, 2.45) is 0 Å². The lowest BCUT2D eigenvalue weighted by atomic mass is 9.99. The minimum Gasteiger partial charge on any atom is -0.486 e. The molecule has 0 amide bonds. The molecule has 0 saturated carbocycles. The van der Waals surface area contributed by atoms with Gasteiger partial charge in [0.15, 0.2) is 0 Å². The van der Waals surface area contributed by atoms with E-state index in [1.54, 1.807) is 0 Å². The molecule has 1 N–H and O–H groups in total. The maximum Gasteiger partial charge on any atom is 0.123 e. The van der Waals surface area contributed by atoms with Crippen LogP contribution < -0.4 is 10.1 Å². The summed E-state index contributed by atoms with van der Waals surface area (Å²) in [5.41, 5.74) is 2.79. The normalized spacial score (nSPS) is 28.1. The zero-order valence-corrected chi connectivity index (χ0v) is 11.3. The first-order chi connectivity index (χ1) is 8.66. The molecule has 0 spiro atoms. The topological polar surface area (TPSA) is 24.5 Å². The predicted octanol–water partition coefficient (Wildman–Crippen LogP) is 1.81. The summed E-state index contributed by atoms with van der Waals surface area (Å²) < 4.78 is 6.36. The fourth-order valence-corrected chi connectivity index (χ4v) is 3.10. The van der Waals surface area contributed by atoms with Crippen LogP contribution in [0.2, 0.25) is 0 Å². The van der Waals surface area contributed by atoms with Crippen LogP contribution in [0, 0.1) is 0 Å². The zero-order valence-electron chi connectivity index (χ0n) is 11.3. The van der Waals surface area contributed by atoms with Crippen molar-refractivity contribution in [1.29, 1.82) is 0 Å². The third-order valence-corrected chi connectivity index (χ3v) is 4.08. The van der Waals surface area contributed by atoms with Gasteiger partial charge in [-0.3, -0.25) is 0 Å². The van der Waals surface area contributed by atoms with Gasteiger partial charge in [-0.1, -0.05) is 12.1 Å². The lowest BCUT2D eigenvalue weighted by Crippen LogP contribution is -2.36. The maximum atomic E-state index is 6.36. The molecule has 1 aromatic carbocycles. The van der Waals surface area contributed by atoms with Crippen molar-refractivity contribution in [3.8, 4) is 5.75 Å². The molecule has 18 heavy (non-hydrogen) atoms. The van der Waals surface area contributed by atoms with Gasteiger partial charge in [-0.25, -0.2) is 0 Å². The molecular weight excluding hydrogens is 224 g/mol. The van der Waals surface area contributed by atoms with Crippen LogP contribution in [0.25, 0.3) is 0 Å². The van der Waals surface area contributed by atoms with Crippen LogP contribution in [-0.4, -0.2) is 37.2 Å². The second-order valence-corrected chi connectivity index (χ2v) is 5.86. The van der Waals surface area contributed by atoms with Crippen LogP contribution in [0.1, 0.15) is 24.5 Å². The van der Waals surface area contributed by atoms with Crippen LogP contribution in [-0.2, 0) is 13.0 Å². The van der Waals surface area contributed by atoms with Gasteiger partial charge in [-0.05, 0) is 44.1 Å². The molecule has 3 heteroatoms. The average molecular weight is 246 g/mol. The van der Waals surface area contributed by atoms with Gasteiger partial charge in [-0.15, -0.1) is 0 Å². The van der Waals surface area contributed by atoms with E-state index in [9.17, 15) is 0 Å². The number of rotatable bonds is 2. The minimum absolute atomic E-state index is 0.0191. The first kappa shape index (κ1) is 12.0. The van der Waals surface area contributed by atoms with Crippen LogP contribution in [0.5, 0.6) is 5.75 Å². The number of likely N-dealkylation sites (tertiary alicyclic amines) is 1. The van der Waals surface area contributed by atoms with E-state index in [-0.39, 0.29) is 5.60 Å². The smallest absolute Gasteiger partial charge is 0.123 e. The molecule has 2 aliphatic heterocycles. The highest BCUT2D eigenvalue weighted by Gasteiger charge is 2.34. The van der Waals surface area contributed by atoms with Crippen LogP contribution in [0.3, 0.4) is 0 Å². The van der Waals surface area contributed by atoms with Crippen molar-refractivity contribution in [3.63, 3.8) is 0 Å². The Morgan fingerprint density at radius 2 is 2.28 bits per heavy atom. The summed E-state index contributed by atoms with van der Waals surface area (Å²) in [7, 11) is 2.17. The van der Waals surface area contributed by atoms with Crippen LogP contribution in [0.4, 0.5) is 0 Å². The second kappa shape index (κ2) is 4.56. The molecule has 2 aliphatic rings. The molecule has 1 unspecified atom stereocenters. The second-order valence-electron chi connectivity index (χ2n) is 5.86. The van der Waals surface area contributed by atoms with Crippen molar-refractivity contribution < 1.29 is 4.74 Å². The quantitative estimate of drug-likeness (QED) is 0.861. The molecule has 3 rings (SSSR count). The summed E-state index contributed by atoms with van der Waals surface area (Å²) in [6.45, 7) is 6.42. The van der Waals surface area contributed by atoms with Gasteiger partial charge in [0.05, 0.1) is 0 Å². The predicted molar refractivity (Wildman–Crippen MR) is 73.0 cm³/mol. The highest BCUT2D eigenvalue weighted by atomic mass is 16.5. The van der Waals surface area contributed by atoms with Crippen molar-refractivity contribution in [3.05, 3.63) is 29.3 Å². The summed E-state index contributed by atoms with van der Waals surface area (Å²) in [4.78, 5) is 2.34. The van der Waals surface area contributed by atoms with E-state index in [4.69, 9.17) is 4.74 Å². The molecule has 0 aromatic heterocycles. The summed E-state index contributed by atoms with van der Waals surface area (Å²) >= 11 is 0. The molecule has 98 valence electrons. The van der Waals surface area contributed by atoms with Crippen molar-refractivity contribution >= 4 is 0 Å². The molecule has 3 nitrogen and oxygen atoms in total. The molecule has 0 bridgehead atoms. The minimum atomic E-state index is -0.0191. The van der Waals surface area contributed by atoms with E-state index >= 15 is 0 Å². The fraction of sp³-hybridized carbons (Fsp3) is 0.600. The van der Waals surface area contributed by atoms with Crippen molar-refractivity contribution in [1.82, 2.24) is 10.2 Å². The highest BCUT2D eigenvalue weighted by Crippen LogP contribution is 2.32. The van der Waals surface area contributed by atoms with Crippen LogP contribution in [0.15, 0.2) is 18.2 Å². The van der Waals surface area contributed by atoms with E-state index in [0.717, 1.165) is 44.8 Å². The monoisotopic (exact) mass is 246 g/mol. The number of nitrogens with zero attached hydrogens (tertiary/aromatic N) is 1. The van der Waals surface area contributed by atoms with E-state index in [1.807, 2.05) is 0 Å². The van der Waals surface area contributed by atoms with E-state index in [1.165, 1.54) is 11.1 Å². The number of likely N-dealkylation sites (N-methyl/N-ethyl adjacent to an activating group) is 1. The Balaban J connectivity index is 1.84. The molecule has 1 aromatic rings. The van der Waals surface area contributed by atoms with Gasteiger partial charge >= 0.3 is 0 Å². The average Bonchev–Trinajstić information content (AvgIpc) is 2.70. The Morgan fingerprint density at radius 3 is 3.06 bits per heavy atom. The molecule has 1 saturated heterocycles. The maximum absolute atomic E-state index is 6.36. The Hall–Kier alpha value is -1.06. The Kier molecular flexibility index (Phi) is 3.04. The van der Waals surface area contributed by atoms with Crippen molar-refractivity contribution in [2.45, 2.75) is 31.9 Å². The third kappa shape index (κ3) is 2.25. The Morgan fingerprint density at radius 1 is 1.39 bits per heavy atom. The molecular formula is C15H22N2O. The molecule has 1 fully saturated rings. The number of hydrogen-bond acceptors (Lipinski definition) is 3. The van der Waals surface area contributed by atoms with Gasteiger partial charge in [0.2, 0.25) is 0 Å². The van der Waals surface area contributed by atoms with Gasteiger partial charge in [0, 0.05) is 26.1 Å². The molecule has 1 atom stereocenters. The number of fused-ring (bicyclic) bond motifs is 1. The molecule has 2 heterocycles. The first-order valence-corrected chi connectivity index (χ1v) is 6.85. The summed E-state index contributed by atoms with van der Waals surface area (Å²) in [6, 6.07) is 6.45. The SMILES string of the molecule is CN1CCC(C)(Oc2cccc3c2CCNC3)C1. The summed E-state index contributed by atoms with van der Waals surface area (Å²) in [5.74, 6) is 1.10. The third-order valence-electron chi connectivity index (χ3n) is 4.08. The number of benzene rings is 1. The highest BCUT2D eigenvalue weighted by molar-refractivity contribution is 5.42. The molecule has 0 aliphatic carbocycles. The Bertz CT molecular complexity index is 446. The standard InChI is InChI=1S/C15H22N2O/c1-15(7-9-17(2)11-15)18-14-5-3-4-12-10-16-8-6-13(12)14/h3-5,16H,6-11H2,1-2H3. The van der Waals surface area contributed by atoms with Gasteiger partial charge in [0.25, 0.3) is 0 Å². The van der Waals surface area contributed by atoms with E-state index in [2.05, 4.69) is 42.4 Å². The van der Waals surface area contributed by atoms with Crippen LogP contribution >= 0.6 is 0 Å². The lowest BCUT2D eigenvalue weighted by molar-refractivity contribution is 0.0981. The van der Waals surface area contributed by atoms with Gasteiger partial charge in [-0.2, -0.15) is 0 Å². The Labute approximate surface area is 109 Å². The largest absolute Gasteiger partial charge is 0.486 e. The lowest BCUT2D eigenvalue weighted by Gasteiger charge is -2.29. The first-order valence-electron chi connectivity index (χ1n) is 6.85. The fourth-order valence-electron chi connectivity index (χ4n) is 3.10.